The molecule has 2 amide bonds. The Labute approximate surface area is 357 Å². The van der Waals surface area contributed by atoms with Crippen LogP contribution in [0.4, 0.5) is 0 Å². The van der Waals surface area contributed by atoms with E-state index in [2.05, 4.69) is 10.6 Å². The second-order valence-electron chi connectivity index (χ2n) is 16.3. The highest BCUT2D eigenvalue weighted by molar-refractivity contribution is 5.98. The van der Waals surface area contributed by atoms with Gasteiger partial charge in [-0.05, 0) is 82.6 Å². The SMILES string of the molecule is Cc1cccc(C(O)(c2cccc(C)c2)[C@@H](NC(=O)CC(=O)N[C@@H](c2cccc3ccccc23)C(O)(c2cccc(C)c2)c2cccc(C)c2)c2cccc3ccccc23)c1. The van der Waals surface area contributed by atoms with E-state index < -0.39 is 41.5 Å². The van der Waals surface area contributed by atoms with Crippen LogP contribution in [-0.2, 0) is 20.8 Å². The predicted octanol–water partition coefficient (Wildman–Crippen LogP) is 10.5. The molecule has 0 aliphatic rings. The molecule has 8 rings (SSSR count). The molecule has 6 heteroatoms. The molecule has 0 bridgehead atoms. The molecular formula is C55H50N2O4. The molecule has 8 aromatic carbocycles. The summed E-state index contributed by atoms with van der Waals surface area (Å²) in [6, 6.07) is 56.1. The molecule has 0 unspecified atom stereocenters. The summed E-state index contributed by atoms with van der Waals surface area (Å²) in [6.07, 6.45) is -0.585. The molecule has 0 aliphatic carbocycles. The van der Waals surface area contributed by atoms with Crippen LogP contribution >= 0.6 is 0 Å². The number of amides is 2. The number of aliphatic hydroxyl groups is 2. The summed E-state index contributed by atoms with van der Waals surface area (Å²) in [5.41, 5.74) is 4.01. The number of nitrogens with one attached hydrogen (secondary N) is 2. The van der Waals surface area contributed by atoms with Gasteiger partial charge < -0.3 is 20.8 Å². The molecule has 0 fully saturated rings. The number of hydrogen-bond acceptors (Lipinski definition) is 4. The van der Waals surface area contributed by atoms with Crippen LogP contribution in [-0.4, -0.2) is 22.0 Å². The van der Waals surface area contributed by atoms with E-state index in [4.69, 9.17) is 0 Å². The zero-order chi connectivity index (χ0) is 42.7. The van der Waals surface area contributed by atoms with Crippen LogP contribution in [0.15, 0.2) is 182 Å². The fourth-order valence-electron chi connectivity index (χ4n) is 8.92. The molecule has 0 spiro atoms. The van der Waals surface area contributed by atoms with Gasteiger partial charge >= 0.3 is 0 Å². The monoisotopic (exact) mass is 802 g/mol. The quantitative estimate of drug-likeness (QED) is 0.0925. The van der Waals surface area contributed by atoms with Gasteiger partial charge in [0.15, 0.2) is 0 Å². The van der Waals surface area contributed by atoms with Gasteiger partial charge in [-0.25, -0.2) is 0 Å². The number of carbonyl (C=O) groups excluding carboxylic acids is 2. The summed E-state index contributed by atoms with van der Waals surface area (Å²) in [4.78, 5) is 29.4. The van der Waals surface area contributed by atoms with Gasteiger partial charge in [-0.15, -0.1) is 0 Å². The van der Waals surface area contributed by atoms with Crippen molar-refractivity contribution in [3.63, 3.8) is 0 Å². The molecule has 0 saturated heterocycles. The van der Waals surface area contributed by atoms with E-state index in [1.165, 1.54) is 0 Å². The first-order valence-electron chi connectivity index (χ1n) is 20.7. The van der Waals surface area contributed by atoms with Gasteiger partial charge in [0.25, 0.3) is 0 Å². The fraction of sp³-hybridized carbons (Fsp3) is 0.164. The molecule has 0 radical (unpaired) electrons. The van der Waals surface area contributed by atoms with Crippen molar-refractivity contribution in [3.8, 4) is 0 Å². The Kier molecular flexibility index (Phi) is 11.4. The van der Waals surface area contributed by atoms with E-state index in [0.29, 0.717) is 33.4 Å². The zero-order valence-corrected chi connectivity index (χ0v) is 34.9. The topological polar surface area (TPSA) is 98.7 Å². The van der Waals surface area contributed by atoms with Gasteiger partial charge in [0.05, 0.1) is 12.1 Å². The van der Waals surface area contributed by atoms with Gasteiger partial charge in [0, 0.05) is 0 Å². The Morgan fingerprint density at radius 2 is 0.721 bits per heavy atom. The van der Waals surface area contributed by atoms with Crippen LogP contribution in [0.1, 0.15) is 74.1 Å². The van der Waals surface area contributed by atoms with Gasteiger partial charge in [-0.1, -0.05) is 204 Å². The van der Waals surface area contributed by atoms with Crippen LogP contribution in [0.25, 0.3) is 21.5 Å². The number of aryl methyl sites for hydroxylation is 4. The first-order valence-corrected chi connectivity index (χ1v) is 20.7. The molecule has 0 aliphatic heterocycles. The van der Waals surface area contributed by atoms with Gasteiger partial charge in [-0.3, -0.25) is 9.59 Å². The second kappa shape index (κ2) is 17.0. The van der Waals surface area contributed by atoms with Crippen LogP contribution < -0.4 is 10.6 Å². The van der Waals surface area contributed by atoms with Crippen molar-refractivity contribution in [1.29, 1.82) is 0 Å². The number of benzene rings is 8. The first-order chi connectivity index (χ1) is 29.4. The van der Waals surface area contributed by atoms with Crippen molar-refractivity contribution in [3.05, 3.63) is 238 Å². The summed E-state index contributed by atoms with van der Waals surface area (Å²) < 4.78 is 0. The van der Waals surface area contributed by atoms with Gasteiger partial charge in [0.2, 0.25) is 11.8 Å². The Bertz CT molecular complexity index is 2600. The Hall–Kier alpha value is -6.86. The third kappa shape index (κ3) is 8.08. The van der Waals surface area contributed by atoms with Gasteiger partial charge in [-0.2, -0.15) is 0 Å². The van der Waals surface area contributed by atoms with E-state index in [0.717, 1.165) is 43.8 Å². The van der Waals surface area contributed by atoms with Crippen LogP contribution in [0, 0.1) is 27.7 Å². The maximum absolute atomic E-state index is 14.7. The van der Waals surface area contributed by atoms with Crippen molar-refractivity contribution in [2.24, 2.45) is 0 Å². The largest absolute Gasteiger partial charge is 0.378 e. The van der Waals surface area contributed by atoms with Crippen molar-refractivity contribution in [2.45, 2.75) is 57.4 Å². The molecule has 304 valence electrons. The highest BCUT2D eigenvalue weighted by Crippen LogP contribution is 2.45. The number of fused-ring (bicyclic) bond motifs is 2. The highest BCUT2D eigenvalue weighted by Gasteiger charge is 2.45. The van der Waals surface area contributed by atoms with Crippen LogP contribution in [0.2, 0.25) is 0 Å². The molecule has 6 nitrogen and oxygen atoms in total. The maximum Gasteiger partial charge on any atom is 0.230 e. The summed E-state index contributed by atoms with van der Waals surface area (Å²) in [5.74, 6) is -1.19. The molecule has 4 N–H and O–H groups in total. The minimum absolute atomic E-state index is 0.585. The predicted molar refractivity (Wildman–Crippen MR) is 245 cm³/mol. The number of rotatable bonds is 12. The van der Waals surface area contributed by atoms with Crippen molar-refractivity contribution >= 4 is 33.4 Å². The van der Waals surface area contributed by atoms with E-state index in [1.807, 2.05) is 210 Å². The average molecular weight is 803 g/mol. The zero-order valence-electron chi connectivity index (χ0n) is 34.9. The minimum Gasteiger partial charge on any atom is -0.378 e. The lowest BCUT2D eigenvalue weighted by Crippen LogP contribution is -2.48. The lowest BCUT2D eigenvalue weighted by Gasteiger charge is -2.39. The fourth-order valence-corrected chi connectivity index (χ4v) is 8.92. The van der Waals surface area contributed by atoms with Gasteiger partial charge in [0.1, 0.15) is 17.6 Å². The molecule has 0 heterocycles. The third-order valence-electron chi connectivity index (χ3n) is 11.9. The summed E-state index contributed by atoms with van der Waals surface area (Å²) in [7, 11) is 0. The second-order valence-corrected chi connectivity index (χ2v) is 16.3. The van der Waals surface area contributed by atoms with E-state index in [1.54, 1.807) is 0 Å². The highest BCUT2D eigenvalue weighted by atomic mass is 16.3. The standard InChI is InChI=1S/C55H50N2O4/c1-36-15-9-23-42(31-36)54(60,43-24-10-16-37(2)32-43)52(48-29-13-21-40-19-5-7-27-46(40)48)56-50(58)35-51(59)57-53(49-30-14-22-41-20-6-8-28-47(41)49)55(61,44-25-11-17-38(3)33-44)45-26-12-18-39(4)34-45/h5-34,52-53,60-61H,35H2,1-4H3,(H,56,58)(H,57,59)/t52-,53-/m0/s1. The smallest absolute Gasteiger partial charge is 0.230 e. The third-order valence-corrected chi connectivity index (χ3v) is 11.9. The van der Waals surface area contributed by atoms with E-state index in [-0.39, 0.29) is 0 Å². The van der Waals surface area contributed by atoms with Crippen LogP contribution in [0.5, 0.6) is 0 Å². The molecule has 61 heavy (non-hydrogen) atoms. The summed E-state index contributed by atoms with van der Waals surface area (Å²) >= 11 is 0. The molecule has 2 atom stereocenters. The van der Waals surface area contributed by atoms with Crippen molar-refractivity contribution in [2.75, 3.05) is 0 Å². The number of hydrogen-bond donors (Lipinski definition) is 4. The first kappa shape index (κ1) is 40.9. The lowest BCUT2D eigenvalue weighted by molar-refractivity contribution is -0.132. The average Bonchev–Trinajstić information content (AvgIpc) is 3.26. The summed E-state index contributed by atoms with van der Waals surface area (Å²) in [5, 5.41) is 36.8. The van der Waals surface area contributed by atoms with Crippen molar-refractivity contribution < 1.29 is 19.8 Å². The Morgan fingerprint density at radius 3 is 1.05 bits per heavy atom. The normalized spacial score (nSPS) is 12.8. The minimum atomic E-state index is -1.77. The maximum atomic E-state index is 14.7. The Morgan fingerprint density at radius 1 is 0.426 bits per heavy atom. The number of carbonyl (C=O) groups is 2. The van der Waals surface area contributed by atoms with Crippen molar-refractivity contribution in [1.82, 2.24) is 10.6 Å². The molecule has 0 aromatic heterocycles. The van der Waals surface area contributed by atoms with Crippen LogP contribution in [0.3, 0.4) is 0 Å². The molecule has 8 aromatic rings. The Balaban J connectivity index is 1.24. The van der Waals surface area contributed by atoms with E-state index in [9.17, 15) is 19.8 Å². The summed E-state index contributed by atoms with van der Waals surface area (Å²) in [6.45, 7) is 7.88. The lowest BCUT2D eigenvalue weighted by atomic mass is 9.75. The molecular weight excluding hydrogens is 753 g/mol. The van der Waals surface area contributed by atoms with E-state index >= 15 is 0 Å². The molecule has 0 saturated carbocycles.